The monoisotopic (exact) mass is 406 g/mol. The van der Waals surface area contributed by atoms with Gasteiger partial charge >= 0.3 is 0 Å². The molecule has 0 N–H and O–H groups in total. The normalized spacial score (nSPS) is 19.1. The summed E-state index contributed by atoms with van der Waals surface area (Å²) in [7, 11) is 3.28. The van der Waals surface area contributed by atoms with E-state index >= 15 is 0 Å². The Hall–Kier alpha value is -3.09. The van der Waals surface area contributed by atoms with Gasteiger partial charge in [-0.2, -0.15) is 5.10 Å². The molecule has 2 aromatic heterocycles. The van der Waals surface area contributed by atoms with E-state index in [9.17, 15) is 4.79 Å². The fourth-order valence-corrected chi connectivity index (χ4v) is 4.32. The zero-order chi connectivity index (χ0) is 20.7. The van der Waals surface area contributed by atoms with Crippen LogP contribution in [0, 0.1) is 5.92 Å². The molecule has 30 heavy (non-hydrogen) atoms. The Morgan fingerprint density at radius 3 is 2.73 bits per heavy atom. The molecule has 1 aliphatic heterocycles. The van der Waals surface area contributed by atoms with Gasteiger partial charge in [0.1, 0.15) is 0 Å². The minimum atomic E-state index is 0.191. The number of rotatable bonds is 5. The van der Waals surface area contributed by atoms with Gasteiger partial charge in [-0.1, -0.05) is 12.1 Å². The van der Waals surface area contributed by atoms with E-state index in [4.69, 9.17) is 19.6 Å². The zero-order valence-electron chi connectivity index (χ0n) is 17.4. The van der Waals surface area contributed by atoms with Crippen molar-refractivity contribution in [2.45, 2.75) is 31.6 Å². The van der Waals surface area contributed by atoms with Gasteiger partial charge in [0.05, 0.1) is 14.2 Å². The third-order valence-corrected chi connectivity index (χ3v) is 6.09. The molecule has 3 aromatic rings. The topological polar surface area (TPSA) is 69.0 Å². The molecule has 1 amide bonds. The van der Waals surface area contributed by atoms with E-state index in [2.05, 4.69) is 0 Å². The second kappa shape index (κ2) is 7.63. The van der Waals surface area contributed by atoms with Crippen molar-refractivity contribution >= 4 is 11.6 Å². The first-order valence-corrected chi connectivity index (χ1v) is 10.5. The first-order valence-electron chi connectivity index (χ1n) is 10.5. The lowest BCUT2D eigenvalue weighted by Gasteiger charge is -2.31. The number of ether oxygens (including phenoxy) is 2. The largest absolute Gasteiger partial charge is 0.493 e. The lowest BCUT2D eigenvalue weighted by molar-refractivity contribution is -0.133. The molecule has 7 heteroatoms. The van der Waals surface area contributed by atoms with Crippen LogP contribution in [0.4, 0.5) is 0 Å². The molecule has 0 bridgehead atoms. The summed E-state index contributed by atoms with van der Waals surface area (Å²) >= 11 is 0. The summed E-state index contributed by atoms with van der Waals surface area (Å²) in [4.78, 5) is 19.3. The maximum absolute atomic E-state index is 12.5. The van der Waals surface area contributed by atoms with Crippen LogP contribution >= 0.6 is 0 Å². The van der Waals surface area contributed by atoms with Gasteiger partial charge in [0.25, 0.3) is 0 Å². The van der Waals surface area contributed by atoms with E-state index in [1.807, 2.05) is 45.9 Å². The highest BCUT2D eigenvalue weighted by Gasteiger charge is 2.36. The zero-order valence-corrected chi connectivity index (χ0v) is 17.4. The Morgan fingerprint density at radius 2 is 1.97 bits per heavy atom. The van der Waals surface area contributed by atoms with Crippen molar-refractivity contribution in [2.24, 2.45) is 5.92 Å². The molecule has 1 saturated heterocycles. The van der Waals surface area contributed by atoms with E-state index < -0.39 is 0 Å². The van der Waals surface area contributed by atoms with Gasteiger partial charge in [-0.3, -0.25) is 4.79 Å². The molecule has 0 unspecified atom stereocenters. The second-order valence-corrected chi connectivity index (χ2v) is 8.13. The molecule has 0 radical (unpaired) electrons. The summed E-state index contributed by atoms with van der Waals surface area (Å²) in [6.45, 7) is 1.59. The molecule has 7 nitrogen and oxygen atoms in total. The Kier molecular flexibility index (Phi) is 4.81. The van der Waals surface area contributed by atoms with E-state index in [-0.39, 0.29) is 11.8 Å². The number of pyridine rings is 1. The quantitative estimate of drug-likeness (QED) is 0.648. The molecule has 1 saturated carbocycles. The summed E-state index contributed by atoms with van der Waals surface area (Å²) < 4.78 is 12.8. The number of aromatic nitrogens is 3. The molecule has 1 atom stereocenters. The van der Waals surface area contributed by atoms with Gasteiger partial charge < -0.3 is 14.4 Å². The Labute approximate surface area is 175 Å². The number of carbonyl (C=O) groups excluding carboxylic acids is 1. The lowest BCUT2D eigenvalue weighted by atomic mass is 9.97. The number of para-hydroxylation sites is 1. The number of hydrogen-bond acceptors (Lipinski definition) is 5. The SMILES string of the molecule is COc1cccc(-c2ccc3nc([C@H]4CCCN(C(=O)C5CC5)C4)nn3c2)c1OC. The van der Waals surface area contributed by atoms with Crippen molar-refractivity contribution in [2.75, 3.05) is 27.3 Å². The summed E-state index contributed by atoms with van der Waals surface area (Å²) in [6, 6.07) is 9.83. The molecule has 3 heterocycles. The predicted octanol–water partition coefficient (Wildman–Crippen LogP) is 3.53. The molecular formula is C23H26N4O3. The van der Waals surface area contributed by atoms with Crippen LogP contribution in [0.5, 0.6) is 11.5 Å². The number of likely N-dealkylation sites (tertiary alicyclic amines) is 1. The van der Waals surface area contributed by atoms with E-state index in [1.165, 1.54) is 0 Å². The van der Waals surface area contributed by atoms with Crippen LogP contribution in [-0.2, 0) is 4.79 Å². The third-order valence-electron chi connectivity index (χ3n) is 6.09. The van der Waals surface area contributed by atoms with Crippen LogP contribution in [0.25, 0.3) is 16.8 Å². The molecule has 2 aliphatic rings. The predicted molar refractivity (Wildman–Crippen MR) is 113 cm³/mol. The van der Waals surface area contributed by atoms with Gasteiger partial charge in [0, 0.05) is 42.2 Å². The summed E-state index contributed by atoms with van der Waals surface area (Å²) in [5.74, 6) is 2.97. The number of hydrogen-bond donors (Lipinski definition) is 0. The maximum atomic E-state index is 12.5. The van der Waals surface area contributed by atoms with Gasteiger partial charge in [-0.05, 0) is 43.9 Å². The Balaban J connectivity index is 1.44. The van der Waals surface area contributed by atoms with Crippen LogP contribution in [0.15, 0.2) is 36.5 Å². The van der Waals surface area contributed by atoms with Crippen LogP contribution in [0.1, 0.15) is 37.4 Å². The van der Waals surface area contributed by atoms with Gasteiger partial charge in [0.2, 0.25) is 5.91 Å². The Morgan fingerprint density at radius 1 is 1.10 bits per heavy atom. The van der Waals surface area contributed by atoms with Gasteiger partial charge in [0.15, 0.2) is 23.0 Å². The fraction of sp³-hybridized carbons (Fsp3) is 0.435. The maximum Gasteiger partial charge on any atom is 0.225 e. The molecule has 156 valence electrons. The lowest BCUT2D eigenvalue weighted by Crippen LogP contribution is -2.40. The van der Waals surface area contributed by atoms with Crippen LogP contribution in [0.2, 0.25) is 0 Å². The third kappa shape index (κ3) is 3.38. The van der Waals surface area contributed by atoms with Crippen molar-refractivity contribution < 1.29 is 14.3 Å². The van der Waals surface area contributed by atoms with Crippen molar-refractivity contribution in [3.05, 3.63) is 42.4 Å². The number of amides is 1. The van der Waals surface area contributed by atoms with E-state index in [0.29, 0.717) is 17.4 Å². The first kappa shape index (κ1) is 18.9. The molecule has 2 fully saturated rings. The highest BCUT2D eigenvalue weighted by Crippen LogP contribution is 2.38. The van der Waals surface area contributed by atoms with E-state index in [1.54, 1.807) is 14.2 Å². The minimum Gasteiger partial charge on any atom is -0.493 e. The second-order valence-electron chi connectivity index (χ2n) is 8.13. The first-order chi connectivity index (χ1) is 14.7. The number of fused-ring (bicyclic) bond motifs is 1. The van der Waals surface area contributed by atoms with Crippen molar-refractivity contribution in [3.8, 4) is 22.6 Å². The van der Waals surface area contributed by atoms with E-state index in [0.717, 1.165) is 61.4 Å². The summed E-state index contributed by atoms with van der Waals surface area (Å²) in [5.41, 5.74) is 2.72. The van der Waals surface area contributed by atoms with Gasteiger partial charge in [-0.15, -0.1) is 0 Å². The minimum absolute atomic E-state index is 0.191. The smallest absolute Gasteiger partial charge is 0.225 e. The summed E-state index contributed by atoms with van der Waals surface area (Å²) in [6.07, 6.45) is 6.08. The van der Waals surface area contributed by atoms with Crippen LogP contribution in [-0.4, -0.2) is 52.7 Å². The summed E-state index contributed by atoms with van der Waals surface area (Å²) in [5, 5.41) is 4.77. The average molecular weight is 406 g/mol. The molecular weight excluding hydrogens is 380 g/mol. The standard InChI is InChI=1S/C23H26N4O3/c1-29-19-7-3-6-18(21(19)30-2)16-10-11-20-24-22(25-27(20)14-16)17-5-4-12-26(13-17)23(28)15-8-9-15/h3,6-7,10-11,14-15,17H,4-5,8-9,12-13H2,1-2H3/t17-/m0/s1. The Bertz CT molecular complexity index is 1090. The number of nitrogens with zero attached hydrogens (tertiary/aromatic N) is 4. The van der Waals surface area contributed by atoms with Crippen molar-refractivity contribution in [1.29, 1.82) is 0 Å². The molecule has 5 rings (SSSR count). The van der Waals surface area contributed by atoms with Gasteiger partial charge in [-0.25, -0.2) is 9.50 Å². The van der Waals surface area contributed by atoms with Crippen molar-refractivity contribution in [3.63, 3.8) is 0 Å². The number of piperidine rings is 1. The fourth-order valence-electron chi connectivity index (χ4n) is 4.32. The van der Waals surface area contributed by atoms with Crippen LogP contribution < -0.4 is 9.47 Å². The average Bonchev–Trinajstić information content (AvgIpc) is 3.56. The van der Waals surface area contributed by atoms with Crippen molar-refractivity contribution in [1.82, 2.24) is 19.5 Å². The molecule has 1 aliphatic carbocycles. The highest BCUT2D eigenvalue weighted by atomic mass is 16.5. The molecule has 1 aromatic carbocycles. The number of methoxy groups -OCH3 is 2. The number of carbonyl (C=O) groups is 1. The van der Waals surface area contributed by atoms with Crippen LogP contribution in [0.3, 0.4) is 0 Å². The highest BCUT2D eigenvalue weighted by molar-refractivity contribution is 5.81. The number of benzene rings is 1. The molecule has 0 spiro atoms.